The van der Waals surface area contributed by atoms with Gasteiger partial charge < -0.3 is 0 Å². The first-order valence-corrected chi connectivity index (χ1v) is 15.2. The molecule has 2 heteroatoms. The summed E-state index contributed by atoms with van der Waals surface area (Å²) >= 11 is 4.13. The van der Waals surface area contributed by atoms with Gasteiger partial charge in [-0.2, -0.15) is 0 Å². The largest absolute Gasteiger partial charge is 0.144 e. The molecule has 2 aliphatic carbocycles. The zero-order valence-corrected chi connectivity index (χ0v) is 22.9. The minimum absolute atomic E-state index is 0.542. The van der Waals surface area contributed by atoms with Crippen molar-refractivity contribution >= 4 is 29.2 Å². The predicted molar refractivity (Wildman–Crippen MR) is 162 cm³/mol. The lowest BCUT2D eigenvalue weighted by atomic mass is 9.64. The topological polar surface area (TPSA) is 0 Å². The zero-order valence-electron chi connectivity index (χ0n) is 21.2. The summed E-state index contributed by atoms with van der Waals surface area (Å²) in [5, 5.41) is 0.647. The van der Waals surface area contributed by atoms with Crippen LogP contribution < -0.4 is 0 Å². The average molecular weight is 525 g/mol. The van der Waals surface area contributed by atoms with Crippen molar-refractivity contribution < 1.29 is 0 Å². The SMILES string of the molecule is C(#Cc1ccccc1)CCc1cc2c(s1)C1c3ccc4c(c3C1C=C2)SC(CCC#Cc1ccccc1)C4. The smallest absolute Gasteiger partial charge is 0.0297 e. The molecule has 2 heterocycles. The van der Waals surface area contributed by atoms with Crippen LogP contribution in [0.4, 0.5) is 0 Å². The summed E-state index contributed by atoms with van der Waals surface area (Å²) in [6.45, 7) is 0. The van der Waals surface area contributed by atoms with Crippen molar-refractivity contribution in [3.05, 3.63) is 128 Å². The van der Waals surface area contributed by atoms with Gasteiger partial charge in [-0.05, 0) is 71.8 Å². The van der Waals surface area contributed by atoms with Crippen molar-refractivity contribution in [1.29, 1.82) is 0 Å². The Hall–Kier alpha value is -3.43. The zero-order chi connectivity index (χ0) is 25.3. The Morgan fingerprint density at radius 2 is 1.55 bits per heavy atom. The first kappa shape index (κ1) is 23.7. The van der Waals surface area contributed by atoms with Gasteiger partial charge in [0, 0.05) is 55.7 Å². The normalized spacial score (nSPS) is 19.5. The van der Waals surface area contributed by atoms with Crippen LogP contribution in [0.15, 0.2) is 89.8 Å². The van der Waals surface area contributed by atoms with Crippen LogP contribution in [0.25, 0.3) is 6.08 Å². The molecule has 1 aliphatic heterocycles. The van der Waals surface area contributed by atoms with Crippen LogP contribution in [0, 0.1) is 23.7 Å². The highest BCUT2D eigenvalue weighted by Gasteiger charge is 2.44. The third-order valence-electron chi connectivity index (χ3n) is 7.78. The van der Waals surface area contributed by atoms with Crippen LogP contribution in [0.5, 0.6) is 0 Å². The highest BCUT2D eigenvalue weighted by atomic mass is 32.2. The molecule has 3 aliphatic rings. The lowest BCUT2D eigenvalue weighted by Crippen LogP contribution is -2.26. The molecule has 0 saturated heterocycles. The van der Waals surface area contributed by atoms with Gasteiger partial charge in [0.1, 0.15) is 0 Å². The minimum Gasteiger partial charge on any atom is -0.144 e. The van der Waals surface area contributed by atoms with Crippen LogP contribution in [0.3, 0.4) is 0 Å². The summed E-state index contributed by atoms with van der Waals surface area (Å²) in [5.74, 6) is 14.5. The van der Waals surface area contributed by atoms with Crippen molar-refractivity contribution in [2.24, 2.45) is 0 Å². The number of allylic oxidation sites excluding steroid dienone is 1. The second-order valence-electron chi connectivity index (χ2n) is 10.3. The number of hydrogen-bond acceptors (Lipinski definition) is 2. The molecule has 3 aromatic carbocycles. The van der Waals surface area contributed by atoms with Gasteiger partial charge in [0.2, 0.25) is 0 Å². The number of benzene rings is 3. The van der Waals surface area contributed by atoms with Gasteiger partial charge in [0.15, 0.2) is 0 Å². The van der Waals surface area contributed by atoms with Crippen LogP contribution in [0.2, 0.25) is 0 Å². The monoisotopic (exact) mass is 524 g/mol. The molecular formula is C36H28S2. The molecule has 0 N–H and O–H groups in total. The van der Waals surface area contributed by atoms with E-state index in [2.05, 4.69) is 102 Å². The lowest BCUT2D eigenvalue weighted by Gasteiger charge is -2.41. The number of hydrogen-bond donors (Lipinski definition) is 0. The maximum atomic E-state index is 3.40. The molecule has 0 saturated carbocycles. The van der Waals surface area contributed by atoms with E-state index >= 15 is 0 Å². The molecule has 184 valence electrons. The molecule has 0 radical (unpaired) electrons. The van der Waals surface area contributed by atoms with E-state index in [4.69, 9.17) is 0 Å². The molecular weight excluding hydrogens is 497 g/mol. The molecule has 0 bridgehead atoms. The number of thiophene rings is 1. The van der Waals surface area contributed by atoms with E-state index in [9.17, 15) is 0 Å². The fourth-order valence-corrected chi connectivity index (χ4v) is 8.77. The van der Waals surface area contributed by atoms with E-state index in [0.29, 0.717) is 17.1 Å². The Morgan fingerprint density at radius 1 is 0.816 bits per heavy atom. The van der Waals surface area contributed by atoms with E-state index in [1.54, 1.807) is 26.5 Å². The summed E-state index contributed by atoms with van der Waals surface area (Å²) in [5.41, 5.74) is 8.37. The Kier molecular flexibility index (Phi) is 6.47. The summed E-state index contributed by atoms with van der Waals surface area (Å²) in [6, 6.07) is 27.9. The third kappa shape index (κ3) is 4.54. The number of thioether (sulfide) groups is 1. The molecule has 3 atom stereocenters. The van der Waals surface area contributed by atoms with Crippen molar-refractivity contribution in [3.8, 4) is 23.7 Å². The van der Waals surface area contributed by atoms with Gasteiger partial charge in [-0.15, -0.1) is 23.1 Å². The van der Waals surface area contributed by atoms with Crippen LogP contribution >= 0.6 is 23.1 Å². The standard InChI is InChI=1S/C36H28S2/c1-3-11-25(12-4-1)15-7-9-17-29-23-27-19-21-31-33(35(27)37-29)32-22-20-28-24-30(38-36(28)34(31)32)18-10-8-16-26-13-5-2-6-14-26/h1-6,11-14,19-23,30-31,33H,9-10,17-18,24H2. The predicted octanol–water partition coefficient (Wildman–Crippen LogP) is 8.84. The molecule has 1 aromatic heterocycles. The van der Waals surface area contributed by atoms with Crippen molar-refractivity contribution in [2.75, 3.05) is 0 Å². The maximum Gasteiger partial charge on any atom is 0.0297 e. The first-order chi connectivity index (χ1) is 18.8. The van der Waals surface area contributed by atoms with E-state index in [-0.39, 0.29) is 0 Å². The fourth-order valence-electron chi connectivity index (χ4n) is 5.93. The van der Waals surface area contributed by atoms with Gasteiger partial charge in [-0.3, -0.25) is 0 Å². The Morgan fingerprint density at radius 3 is 2.32 bits per heavy atom. The Labute approximate surface area is 234 Å². The van der Waals surface area contributed by atoms with E-state index in [1.807, 2.05) is 35.6 Å². The number of aryl methyl sites for hydroxylation is 1. The molecule has 4 aromatic rings. The highest BCUT2D eigenvalue weighted by molar-refractivity contribution is 8.00. The second kappa shape index (κ2) is 10.4. The molecule has 0 nitrogen and oxygen atoms in total. The maximum absolute atomic E-state index is 3.40. The van der Waals surface area contributed by atoms with E-state index in [1.165, 1.54) is 16.9 Å². The van der Waals surface area contributed by atoms with Crippen molar-refractivity contribution in [3.63, 3.8) is 0 Å². The molecule has 0 fully saturated rings. The Bertz CT molecular complexity index is 1630. The lowest BCUT2D eigenvalue weighted by molar-refractivity contribution is 0.611. The quantitative estimate of drug-likeness (QED) is 0.240. The highest BCUT2D eigenvalue weighted by Crippen LogP contribution is 2.61. The Balaban J connectivity index is 1.02. The molecule has 3 unspecified atom stereocenters. The third-order valence-corrected chi connectivity index (χ3v) is 10.5. The summed E-state index contributed by atoms with van der Waals surface area (Å²) in [4.78, 5) is 4.60. The summed E-state index contributed by atoms with van der Waals surface area (Å²) in [7, 11) is 0. The van der Waals surface area contributed by atoms with Gasteiger partial charge in [0.05, 0.1) is 0 Å². The second-order valence-corrected chi connectivity index (χ2v) is 12.7. The number of rotatable bonds is 4. The van der Waals surface area contributed by atoms with Gasteiger partial charge >= 0.3 is 0 Å². The average Bonchev–Trinajstić information content (AvgIpc) is 3.54. The summed E-state index contributed by atoms with van der Waals surface area (Å²) < 4.78 is 0. The molecule has 0 spiro atoms. The van der Waals surface area contributed by atoms with E-state index in [0.717, 1.165) is 36.8 Å². The van der Waals surface area contributed by atoms with Crippen molar-refractivity contribution in [2.45, 2.75) is 54.1 Å². The van der Waals surface area contributed by atoms with Gasteiger partial charge in [-0.1, -0.05) is 84.4 Å². The minimum atomic E-state index is 0.542. The van der Waals surface area contributed by atoms with Crippen LogP contribution in [0.1, 0.15) is 74.2 Å². The summed E-state index contributed by atoms with van der Waals surface area (Å²) in [6.07, 6.45) is 10.1. The van der Waals surface area contributed by atoms with E-state index < -0.39 is 0 Å². The molecule has 38 heavy (non-hydrogen) atoms. The first-order valence-electron chi connectivity index (χ1n) is 13.5. The van der Waals surface area contributed by atoms with Gasteiger partial charge in [0.25, 0.3) is 0 Å². The molecule has 0 amide bonds. The number of fused-ring (bicyclic) bond motifs is 8. The fraction of sp³-hybridized carbons (Fsp3) is 0.222. The van der Waals surface area contributed by atoms with Crippen LogP contribution in [-0.4, -0.2) is 5.25 Å². The van der Waals surface area contributed by atoms with Crippen molar-refractivity contribution in [1.82, 2.24) is 0 Å². The molecule has 7 rings (SSSR count). The van der Waals surface area contributed by atoms with Gasteiger partial charge in [-0.25, -0.2) is 0 Å². The van der Waals surface area contributed by atoms with Crippen LogP contribution in [-0.2, 0) is 12.8 Å².